The highest BCUT2D eigenvalue weighted by atomic mass is 16.5. The van der Waals surface area contributed by atoms with E-state index < -0.39 is 0 Å². The summed E-state index contributed by atoms with van der Waals surface area (Å²) in [4.78, 5) is 12.3. The molecule has 0 amide bonds. The molecule has 0 radical (unpaired) electrons. The lowest BCUT2D eigenvalue weighted by Crippen LogP contribution is -2.23. The number of nitrogens with zero attached hydrogens (tertiary/aromatic N) is 2. The fourth-order valence-electron chi connectivity index (χ4n) is 1.96. The average Bonchev–Trinajstić information content (AvgIpc) is 2.87. The fraction of sp³-hybridized carbons (Fsp3) is 0.0769. The van der Waals surface area contributed by atoms with Gasteiger partial charge in [0.2, 0.25) is 0 Å². The van der Waals surface area contributed by atoms with Crippen molar-refractivity contribution in [2.45, 2.75) is 6.54 Å². The normalized spacial score (nSPS) is 10.9. The Morgan fingerprint density at radius 3 is 2.89 bits per heavy atom. The van der Waals surface area contributed by atoms with Crippen LogP contribution in [0.5, 0.6) is 0 Å². The lowest BCUT2D eigenvalue weighted by atomic mass is 10.1. The minimum Gasteiger partial charge on any atom is -0.385 e. The molecule has 0 atom stereocenters. The molecule has 0 aliphatic heterocycles. The Labute approximate surface area is 102 Å². The van der Waals surface area contributed by atoms with Crippen molar-refractivity contribution in [3.63, 3.8) is 0 Å². The summed E-state index contributed by atoms with van der Waals surface area (Å²) in [6, 6.07) is 10.9. The first-order valence-electron chi connectivity index (χ1n) is 5.53. The third kappa shape index (κ3) is 1.66. The maximum absolute atomic E-state index is 12.3. The molecule has 0 aliphatic carbocycles. The van der Waals surface area contributed by atoms with Crippen molar-refractivity contribution in [3.8, 4) is 0 Å². The molecular formula is C13H11N3O2. The smallest absolute Gasteiger partial charge is 0.260 e. The molecule has 0 spiro atoms. The van der Waals surface area contributed by atoms with Gasteiger partial charge >= 0.3 is 0 Å². The van der Waals surface area contributed by atoms with E-state index in [4.69, 9.17) is 10.3 Å². The molecule has 2 aromatic heterocycles. The molecule has 0 bridgehead atoms. The zero-order chi connectivity index (χ0) is 12.5. The number of nitrogens with two attached hydrogens (primary N) is 1. The lowest BCUT2D eigenvalue weighted by Gasteiger charge is -2.09. The maximum Gasteiger partial charge on any atom is 0.260 e. The number of benzene rings is 1. The second-order valence-corrected chi connectivity index (χ2v) is 4.04. The van der Waals surface area contributed by atoms with Gasteiger partial charge in [-0.25, -0.2) is 0 Å². The molecule has 0 aliphatic rings. The highest BCUT2D eigenvalue weighted by molar-refractivity contribution is 5.83. The molecule has 3 rings (SSSR count). The van der Waals surface area contributed by atoms with E-state index in [1.54, 1.807) is 18.2 Å². The van der Waals surface area contributed by atoms with Crippen molar-refractivity contribution in [2.75, 3.05) is 5.73 Å². The number of aromatic nitrogens is 2. The van der Waals surface area contributed by atoms with Crippen LogP contribution in [0.3, 0.4) is 0 Å². The largest absolute Gasteiger partial charge is 0.385 e. The first-order chi connectivity index (χ1) is 8.75. The van der Waals surface area contributed by atoms with Crippen LogP contribution in [0, 0.1) is 0 Å². The zero-order valence-electron chi connectivity index (χ0n) is 9.54. The van der Waals surface area contributed by atoms with Crippen molar-refractivity contribution in [1.29, 1.82) is 0 Å². The Balaban J connectivity index is 2.20. The molecule has 5 nitrogen and oxygen atoms in total. The van der Waals surface area contributed by atoms with Crippen molar-refractivity contribution in [3.05, 3.63) is 58.7 Å². The summed E-state index contributed by atoms with van der Waals surface area (Å²) in [5, 5.41) is 5.28. The molecule has 90 valence electrons. The Hall–Kier alpha value is -2.56. The zero-order valence-corrected chi connectivity index (χ0v) is 9.54. The summed E-state index contributed by atoms with van der Waals surface area (Å²) in [7, 11) is 0. The molecule has 5 heteroatoms. The van der Waals surface area contributed by atoms with Crippen LogP contribution < -0.4 is 11.3 Å². The number of nitrogen functional groups attached to an aromatic ring is 1. The van der Waals surface area contributed by atoms with Gasteiger partial charge in [0.1, 0.15) is 17.8 Å². The highest BCUT2D eigenvalue weighted by Gasteiger charge is 2.08. The van der Waals surface area contributed by atoms with Crippen molar-refractivity contribution < 1.29 is 4.52 Å². The molecule has 0 fully saturated rings. The van der Waals surface area contributed by atoms with Gasteiger partial charge in [0.05, 0.1) is 6.54 Å². The van der Waals surface area contributed by atoms with E-state index in [1.165, 1.54) is 10.8 Å². The summed E-state index contributed by atoms with van der Waals surface area (Å²) in [6.07, 6.45) is 1.47. The Bertz CT molecular complexity index is 745. The van der Waals surface area contributed by atoms with E-state index in [0.717, 1.165) is 5.39 Å². The van der Waals surface area contributed by atoms with Gasteiger partial charge in [-0.05, 0) is 17.5 Å². The van der Waals surface area contributed by atoms with Gasteiger partial charge < -0.3 is 10.3 Å². The van der Waals surface area contributed by atoms with E-state index in [0.29, 0.717) is 23.4 Å². The van der Waals surface area contributed by atoms with Crippen LogP contribution in [0.4, 0.5) is 5.82 Å². The van der Waals surface area contributed by atoms with E-state index in [-0.39, 0.29) is 5.56 Å². The molecule has 1 aromatic carbocycles. The third-order valence-electron chi connectivity index (χ3n) is 2.86. The number of anilines is 1. The molecule has 0 saturated heterocycles. The summed E-state index contributed by atoms with van der Waals surface area (Å²) < 4.78 is 6.23. The molecule has 0 unspecified atom stereocenters. The summed E-state index contributed by atoms with van der Waals surface area (Å²) >= 11 is 0. The SMILES string of the molecule is Nc1cc2ccccc2c(=O)n1Cc1ccon1. The Morgan fingerprint density at radius 1 is 1.28 bits per heavy atom. The minimum absolute atomic E-state index is 0.117. The third-order valence-corrected chi connectivity index (χ3v) is 2.86. The number of hydrogen-bond acceptors (Lipinski definition) is 4. The van der Waals surface area contributed by atoms with Crippen molar-refractivity contribution in [2.24, 2.45) is 0 Å². The first-order valence-corrected chi connectivity index (χ1v) is 5.53. The molecule has 18 heavy (non-hydrogen) atoms. The summed E-state index contributed by atoms with van der Waals surface area (Å²) in [5.41, 5.74) is 6.46. The predicted octanol–water partition coefficient (Wildman–Crippen LogP) is 1.62. The van der Waals surface area contributed by atoms with Gasteiger partial charge in [0.25, 0.3) is 5.56 Å². The van der Waals surface area contributed by atoms with Crippen molar-refractivity contribution in [1.82, 2.24) is 9.72 Å². The number of pyridine rings is 1. The van der Waals surface area contributed by atoms with E-state index in [1.807, 2.05) is 18.2 Å². The monoisotopic (exact) mass is 241 g/mol. The number of fused-ring (bicyclic) bond motifs is 1. The van der Waals surface area contributed by atoms with Gasteiger partial charge in [0, 0.05) is 11.5 Å². The second-order valence-electron chi connectivity index (χ2n) is 4.04. The Kier molecular flexibility index (Phi) is 2.37. The second kappa shape index (κ2) is 4.03. The maximum atomic E-state index is 12.3. The molecule has 2 N–H and O–H groups in total. The van der Waals surface area contributed by atoms with Gasteiger partial charge in [-0.2, -0.15) is 0 Å². The summed E-state index contributed by atoms with van der Waals surface area (Å²) in [5.74, 6) is 0.418. The fourth-order valence-corrected chi connectivity index (χ4v) is 1.96. The topological polar surface area (TPSA) is 74.1 Å². The standard InChI is InChI=1S/C13H11N3O2/c14-12-7-9-3-1-2-4-11(9)13(17)16(12)8-10-5-6-18-15-10/h1-7H,8,14H2. The highest BCUT2D eigenvalue weighted by Crippen LogP contribution is 2.14. The van der Waals surface area contributed by atoms with Crippen LogP contribution in [-0.2, 0) is 6.54 Å². The van der Waals surface area contributed by atoms with Gasteiger partial charge in [-0.15, -0.1) is 0 Å². The van der Waals surface area contributed by atoms with Crippen molar-refractivity contribution >= 4 is 16.6 Å². The van der Waals surface area contributed by atoms with Crippen LogP contribution in [0.15, 0.2) is 52.0 Å². The van der Waals surface area contributed by atoms with Crippen LogP contribution in [0.2, 0.25) is 0 Å². The molecular weight excluding hydrogens is 230 g/mol. The average molecular weight is 241 g/mol. The quantitative estimate of drug-likeness (QED) is 0.739. The van der Waals surface area contributed by atoms with Gasteiger partial charge in [-0.1, -0.05) is 23.4 Å². The Morgan fingerprint density at radius 2 is 2.11 bits per heavy atom. The van der Waals surface area contributed by atoms with Crippen LogP contribution in [0.25, 0.3) is 10.8 Å². The van der Waals surface area contributed by atoms with Crippen LogP contribution in [-0.4, -0.2) is 9.72 Å². The van der Waals surface area contributed by atoms with E-state index in [9.17, 15) is 4.79 Å². The number of hydrogen-bond donors (Lipinski definition) is 1. The minimum atomic E-state index is -0.117. The summed E-state index contributed by atoms with van der Waals surface area (Å²) in [6.45, 7) is 0.312. The van der Waals surface area contributed by atoms with Crippen LogP contribution >= 0.6 is 0 Å². The number of rotatable bonds is 2. The van der Waals surface area contributed by atoms with E-state index >= 15 is 0 Å². The molecule has 0 saturated carbocycles. The van der Waals surface area contributed by atoms with Gasteiger partial charge in [0.15, 0.2) is 0 Å². The van der Waals surface area contributed by atoms with Gasteiger partial charge in [-0.3, -0.25) is 9.36 Å². The molecule has 3 aromatic rings. The predicted molar refractivity (Wildman–Crippen MR) is 68.2 cm³/mol. The lowest BCUT2D eigenvalue weighted by molar-refractivity contribution is 0.409. The van der Waals surface area contributed by atoms with E-state index in [2.05, 4.69) is 5.16 Å². The molecule has 2 heterocycles. The van der Waals surface area contributed by atoms with Crippen LogP contribution in [0.1, 0.15) is 5.69 Å². The first kappa shape index (κ1) is 10.6.